The minimum absolute atomic E-state index is 0.00445. The molecule has 2 atom stereocenters. The van der Waals surface area contributed by atoms with Crippen molar-refractivity contribution in [2.75, 3.05) is 20.1 Å². The molecule has 1 aliphatic rings. The highest BCUT2D eigenvalue weighted by Gasteiger charge is 2.31. The Morgan fingerprint density at radius 1 is 1.24 bits per heavy atom. The fourth-order valence-electron chi connectivity index (χ4n) is 3.09. The number of hydrogen-bond donors (Lipinski definition) is 3. The summed E-state index contributed by atoms with van der Waals surface area (Å²) in [6.07, 6.45) is 2.07. The molecular formula is C19H30N4O2. The van der Waals surface area contributed by atoms with E-state index in [-0.39, 0.29) is 17.9 Å². The van der Waals surface area contributed by atoms with Crippen molar-refractivity contribution in [2.45, 2.75) is 45.3 Å². The topological polar surface area (TPSA) is 73.5 Å². The smallest absolute Gasteiger partial charge is 0.315 e. The molecule has 0 saturated carbocycles. The molecule has 3 N–H and O–H groups in total. The number of hydrogen-bond acceptors (Lipinski definition) is 3. The van der Waals surface area contributed by atoms with E-state index in [1.54, 1.807) is 0 Å². The minimum atomic E-state index is -0.508. The number of piperidine rings is 1. The fraction of sp³-hybridized carbons (Fsp3) is 0.579. The number of nitrogens with one attached hydrogen (secondary N) is 3. The molecular weight excluding hydrogens is 316 g/mol. The molecule has 3 amide bonds. The number of likely N-dealkylation sites (N-methyl/N-ethyl adjacent to an activating group) is 1. The minimum Gasteiger partial charge on any atom is -0.339 e. The summed E-state index contributed by atoms with van der Waals surface area (Å²) in [7, 11) is 1.92. The van der Waals surface area contributed by atoms with Crippen molar-refractivity contribution in [3.63, 3.8) is 0 Å². The second-order valence-electron chi connectivity index (χ2n) is 6.95. The molecule has 1 aromatic rings. The average Bonchev–Trinajstić information content (AvgIpc) is 2.64. The first-order chi connectivity index (χ1) is 12.0. The van der Waals surface area contributed by atoms with Crippen LogP contribution in [0.15, 0.2) is 30.3 Å². The van der Waals surface area contributed by atoms with Crippen molar-refractivity contribution >= 4 is 11.9 Å². The van der Waals surface area contributed by atoms with Gasteiger partial charge in [-0.2, -0.15) is 0 Å². The third-order valence-electron chi connectivity index (χ3n) is 4.66. The molecule has 1 heterocycles. The molecule has 2 unspecified atom stereocenters. The van der Waals surface area contributed by atoms with Crippen LogP contribution in [-0.2, 0) is 11.3 Å². The second-order valence-corrected chi connectivity index (χ2v) is 6.95. The maximum atomic E-state index is 12.9. The van der Waals surface area contributed by atoms with Gasteiger partial charge in [0, 0.05) is 25.7 Å². The molecule has 0 radical (unpaired) electrons. The van der Waals surface area contributed by atoms with E-state index >= 15 is 0 Å². The first-order valence-corrected chi connectivity index (χ1v) is 9.05. The molecule has 1 aliphatic heterocycles. The summed E-state index contributed by atoms with van der Waals surface area (Å²) in [6.45, 7) is 5.82. The molecule has 0 bridgehead atoms. The van der Waals surface area contributed by atoms with Crippen LogP contribution in [0.4, 0.5) is 4.79 Å². The van der Waals surface area contributed by atoms with Gasteiger partial charge in [-0.05, 0) is 31.4 Å². The van der Waals surface area contributed by atoms with Gasteiger partial charge in [0.2, 0.25) is 5.91 Å². The van der Waals surface area contributed by atoms with E-state index in [0.29, 0.717) is 19.1 Å². The largest absolute Gasteiger partial charge is 0.339 e. The summed E-state index contributed by atoms with van der Waals surface area (Å²) in [5.41, 5.74) is 1.03. The zero-order valence-corrected chi connectivity index (χ0v) is 15.4. The van der Waals surface area contributed by atoms with E-state index < -0.39 is 6.04 Å². The van der Waals surface area contributed by atoms with Gasteiger partial charge >= 0.3 is 6.03 Å². The van der Waals surface area contributed by atoms with Gasteiger partial charge in [0.1, 0.15) is 6.04 Å². The van der Waals surface area contributed by atoms with Crippen LogP contribution in [0, 0.1) is 5.92 Å². The number of carbonyl (C=O) groups excluding carboxylic acids is 2. The molecule has 6 heteroatoms. The van der Waals surface area contributed by atoms with Gasteiger partial charge in [0.15, 0.2) is 0 Å². The number of amides is 3. The number of nitrogens with zero attached hydrogens (tertiary/aromatic N) is 1. The summed E-state index contributed by atoms with van der Waals surface area (Å²) in [5, 5.41) is 8.93. The highest BCUT2D eigenvalue weighted by molar-refractivity contribution is 5.87. The lowest BCUT2D eigenvalue weighted by Crippen LogP contribution is -2.56. The fourth-order valence-corrected chi connectivity index (χ4v) is 3.09. The Balaban J connectivity index is 1.90. The van der Waals surface area contributed by atoms with Gasteiger partial charge in [-0.15, -0.1) is 0 Å². The van der Waals surface area contributed by atoms with Gasteiger partial charge in [-0.1, -0.05) is 44.2 Å². The zero-order chi connectivity index (χ0) is 18.2. The van der Waals surface area contributed by atoms with Crippen LogP contribution in [0.1, 0.15) is 32.3 Å². The third-order valence-corrected chi connectivity index (χ3v) is 4.66. The van der Waals surface area contributed by atoms with E-state index in [1.165, 1.54) is 0 Å². The van der Waals surface area contributed by atoms with Crippen LogP contribution in [0.25, 0.3) is 0 Å². The molecule has 1 aromatic carbocycles. The SMILES string of the molecule is CNC1CCCN(C(=O)C(NC(=O)NCc2ccccc2)C(C)C)C1. The Kier molecular flexibility index (Phi) is 7.25. The standard InChI is InChI=1S/C19H30N4O2/c1-14(2)17(18(24)23-11-7-10-16(13-23)20-3)22-19(25)21-12-15-8-5-4-6-9-15/h4-6,8-9,14,16-17,20H,7,10-13H2,1-3H3,(H2,21,22,25). The van der Waals surface area contributed by atoms with Crippen molar-refractivity contribution in [3.8, 4) is 0 Å². The molecule has 0 aliphatic carbocycles. The van der Waals surface area contributed by atoms with Crippen LogP contribution < -0.4 is 16.0 Å². The second kappa shape index (κ2) is 9.42. The van der Waals surface area contributed by atoms with E-state index in [0.717, 1.165) is 24.9 Å². The van der Waals surface area contributed by atoms with Crippen LogP contribution >= 0.6 is 0 Å². The van der Waals surface area contributed by atoms with E-state index in [9.17, 15) is 9.59 Å². The van der Waals surface area contributed by atoms with E-state index in [2.05, 4.69) is 16.0 Å². The van der Waals surface area contributed by atoms with Gasteiger partial charge in [0.05, 0.1) is 0 Å². The predicted molar refractivity (Wildman–Crippen MR) is 99.1 cm³/mol. The number of rotatable bonds is 6. The monoisotopic (exact) mass is 346 g/mol. The van der Waals surface area contributed by atoms with Gasteiger partial charge in [-0.3, -0.25) is 4.79 Å². The molecule has 0 aromatic heterocycles. The Bertz CT molecular complexity index is 562. The normalized spacial score (nSPS) is 18.7. The molecule has 138 valence electrons. The summed E-state index contributed by atoms with van der Waals surface area (Å²) in [4.78, 5) is 27.0. The van der Waals surface area contributed by atoms with Crippen LogP contribution in [0.3, 0.4) is 0 Å². The first-order valence-electron chi connectivity index (χ1n) is 9.05. The maximum absolute atomic E-state index is 12.9. The highest BCUT2D eigenvalue weighted by atomic mass is 16.2. The Hall–Kier alpha value is -2.08. The lowest BCUT2D eigenvalue weighted by molar-refractivity contribution is -0.135. The summed E-state index contributed by atoms with van der Waals surface area (Å²) >= 11 is 0. The van der Waals surface area contributed by atoms with Crippen molar-refractivity contribution in [2.24, 2.45) is 5.92 Å². The zero-order valence-electron chi connectivity index (χ0n) is 15.4. The number of carbonyl (C=O) groups is 2. The number of likely N-dealkylation sites (tertiary alicyclic amines) is 1. The van der Waals surface area contributed by atoms with Crippen molar-refractivity contribution in [1.82, 2.24) is 20.9 Å². The molecule has 6 nitrogen and oxygen atoms in total. The van der Waals surface area contributed by atoms with Crippen molar-refractivity contribution in [1.29, 1.82) is 0 Å². The molecule has 1 saturated heterocycles. The predicted octanol–water partition coefficient (Wildman–Crippen LogP) is 1.72. The molecule has 0 spiro atoms. The van der Waals surface area contributed by atoms with Crippen LogP contribution in [0.2, 0.25) is 0 Å². The first kappa shape index (κ1) is 19.2. The summed E-state index contributed by atoms with van der Waals surface area (Å²) in [5.74, 6) is 0.0368. The van der Waals surface area contributed by atoms with Gasteiger partial charge in [0.25, 0.3) is 0 Å². The van der Waals surface area contributed by atoms with Crippen LogP contribution in [0.5, 0.6) is 0 Å². The molecule has 1 fully saturated rings. The van der Waals surface area contributed by atoms with Crippen LogP contribution in [-0.4, -0.2) is 49.1 Å². The third kappa shape index (κ3) is 5.74. The van der Waals surface area contributed by atoms with Gasteiger partial charge < -0.3 is 20.9 Å². The van der Waals surface area contributed by atoms with E-state index in [1.807, 2.05) is 56.1 Å². The Labute approximate surface area is 150 Å². The highest BCUT2D eigenvalue weighted by Crippen LogP contribution is 2.14. The molecule has 25 heavy (non-hydrogen) atoms. The number of urea groups is 1. The molecule has 2 rings (SSSR count). The quantitative estimate of drug-likeness (QED) is 0.734. The summed E-state index contributed by atoms with van der Waals surface area (Å²) in [6, 6.07) is 9.23. The lowest BCUT2D eigenvalue weighted by Gasteiger charge is -2.36. The number of benzene rings is 1. The lowest BCUT2D eigenvalue weighted by atomic mass is 10.00. The summed E-state index contributed by atoms with van der Waals surface area (Å²) < 4.78 is 0. The Morgan fingerprint density at radius 2 is 1.96 bits per heavy atom. The average molecular weight is 346 g/mol. The Morgan fingerprint density at radius 3 is 2.60 bits per heavy atom. The van der Waals surface area contributed by atoms with Crippen molar-refractivity contribution in [3.05, 3.63) is 35.9 Å². The van der Waals surface area contributed by atoms with Gasteiger partial charge in [-0.25, -0.2) is 4.79 Å². The van der Waals surface area contributed by atoms with Crippen molar-refractivity contribution < 1.29 is 9.59 Å². The maximum Gasteiger partial charge on any atom is 0.315 e. The van der Waals surface area contributed by atoms with E-state index in [4.69, 9.17) is 0 Å².